The molecule has 1 N–H and O–H groups in total. The van der Waals surface area contributed by atoms with Crippen LogP contribution in [0.15, 0.2) is 93.1 Å². The Morgan fingerprint density at radius 2 is 1.71 bits per heavy atom. The molecule has 1 amide bonds. The van der Waals surface area contributed by atoms with E-state index >= 15 is 0 Å². The van der Waals surface area contributed by atoms with Crippen LogP contribution in [-0.4, -0.2) is 33.6 Å². The van der Waals surface area contributed by atoms with Gasteiger partial charge < -0.3 is 9.15 Å². The van der Waals surface area contributed by atoms with Crippen molar-refractivity contribution in [3.8, 4) is 11.5 Å². The maximum Gasteiger partial charge on any atom is 0.340 e. The van der Waals surface area contributed by atoms with Crippen LogP contribution in [0, 0.1) is 10.1 Å². The minimum absolute atomic E-state index is 0.0278. The first-order valence-corrected chi connectivity index (χ1v) is 10.7. The van der Waals surface area contributed by atoms with Crippen molar-refractivity contribution in [3.05, 3.63) is 94.5 Å². The van der Waals surface area contributed by atoms with Crippen molar-refractivity contribution in [3.63, 3.8) is 0 Å². The number of non-ortho nitro benzene ring substituents is 1. The molecule has 0 saturated heterocycles. The Hall–Kier alpha value is -4.51. The van der Waals surface area contributed by atoms with Crippen molar-refractivity contribution in [2.24, 2.45) is 0 Å². The van der Waals surface area contributed by atoms with Crippen LogP contribution in [0.2, 0.25) is 0 Å². The second-order valence-corrected chi connectivity index (χ2v) is 7.87. The second-order valence-electron chi connectivity index (χ2n) is 6.76. The Morgan fingerprint density at radius 1 is 1.00 bits per heavy atom. The molecule has 34 heavy (non-hydrogen) atoms. The summed E-state index contributed by atoms with van der Waals surface area (Å²) in [5, 5.41) is 21.1. The van der Waals surface area contributed by atoms with E-state index in [4.69, 9.17) is 9.15 Å². The number of nitro groups is 1. The average molecular weight is 476 g/mol. The van der Waals surface area contributed by atoms with Gasteiger partial charge in [0.1, 0.15) is 0 Å². The molecule has 170 valence electrons. The first-order valence-electron chi connectivity index (χ1n) is 9.87. The molecule has 11 heteroatoms. The van der Waals surface area contributed by atoms with E-state index in [2.05, 4.69) is 15.5 Å². The van der Waals surface area contributed by atoms with Crippen LogP contribution in [-0.2, 0) is 9.53 Å². The third-order valence-corrected chi connectivity index (χ3v) is 5.48. The zero-order chi connectivity index (χ0) is 23.9. The van der Waals surface area contributed by atoms with Gasteiger partial charge in [0.2, 0.25) is 5.89 Å². The zero-order valence-corrected chi connectivity index (χ0v) is 18.2. The largest absolute Gasteiger partial charge is 0.452 e. The number of nitrogens with one attached hydrogen (secondary N) is 1. The van der Waals surface area contributed by atoms with Gasteiger partial charge in [0.05, 0.1) is 10.5 Å². The van der Waals surface area contributed by atoms with Gasteiger partial charge in [0, 0.05) is 27.5 Å². The topological polar surface area (TPSA) is 137 Å². The standard InChI is InChI=1S/C23H16N4O6S/c28-20(24-23-26-25-21(33-23)15-7-3-1-4-8-15)14-32-22(29)18-13-16(27(30)31)11-12-19(18)34-17-9-5-2-6-10-17/h1-13H,14H2,(H,24,26,28). The van der Waals surface area contributed by atoms with E-state index in [1.54, 1.807) is 24.3 Å². The lowest BCUT2D eigenvalue weighted by atomic mass is 10.2. The molecule has 1 heterocycles. The summed E-state index contributed by atoms with van der Waals surface area (Å²) in [4.78, 5) is 36.7. The van der Waals surface area contributed by atoms with Crippen molar-refractivity contribution in [2.45, 2.75) is 9.79 Å². The van der Waals surface area contributed by atoms with Gasteiger partial charge >= 0.3 is 12.0 Å². The Morgan fingerprint density at radius 3 is 2.41 bits per heavy atom. The lowest BCUT2D eigenvalue weighted by Gasteiger charge is -2.09. The van der Waals surface area contributed by atoms with Crippen LogP contribution in [0.4, 0.5) is 11.7 Å². The molecule has 0 saturated carbocycles. The van der Waals surface area contributed by atoms with E-state index in [1.807, 2.05) is 36.4 Å². The average Bonchev–Trinajstić information content (AvgIpc) is 3.32. The van der Waals surface area contributed by atoms with E-state index in [9.17, 15) is 19.7 Å². The fraction of sp³-hybridized carbons (Fsp3) is 0.0435. The number of carbonyl (C=O) groups excluding carboxylic acids is 2. The molecule has 0 unspecified atom stereocenters. The Kier molecular flexibility index (Phi) is 6.94. The number of esters is 1. The number of hydrogen-bond acceptors (Lipinski definition) is 9. The molecular formula is C23H16N4O6S. The number of hydrogen-bond donors (Lipinski definition) is 1. The Bertz CT molecular complexity index is 1330. The first-order chi connectivity index (χ1) is 16.5. The molecule has 1 aromatic heterocycles. The number of nitrogens with zero attached hydrogens (tertiary/aromatic N) is 3. The molecule has 10 nitrogen and oxygen atoms in total. The number of carbonyl (C=O) groups is 2. The molecule has 3 aromatic carbocycles. The predicted molar refractivity (Wildman–Crippen MR) is 122 cm³/mol. The second kappa shape index (κ2) is 10.4. The molecule has 0 aliphatic rings. The highest BCUT2D eigenvalue weighted by molar-refractivity contribution is 7.99. The molecule has 0 fully saturated rings. The number of aromatic nitrogens is 2. The molecule has 4 aromatic rings. The molecular weight excluding hydrogens is 460 g/mol. The molecule has 0 spiro atoms. The summed E-state index contributed by atoms with van der Waals surface area (Å²) in [6, 6.07) is 21.9. The summed E-state index contributed by atoms with van der Waals surface area (Å²) >= 11 is 1.24. The fourth-order valence-corrected chi connectivity index (χ4v) is 3.77. The SMILES string of the molecule is O=C(COC(=O)c1cc([N+](=O)[O-])ccc1Sc1ccccc1)Nc1nnc(-c2ccccc2)o1. The zero-order valence-electron chi connectivity index (χ0n) is 17.4. The lowest BCUT2D eigenvalue weighted by molar-refractivity contribution is -0.384. The van der Waals surface area contributed by atoms with Gasteiger partial charge in [-0.1, -0.05) is 53.3 Å². The van der Waals surface area contributed by atoms with Gasteiger partial charge in [-0.05, 0) is 30.3 Å². The monoisotopic (exact) mass is 476 g/mol. The van der Waals surface area contributed by atoms with Crippen molar-refractivity contribution in [2.75, 3.05) is 11.9 Å². The number of anilines is 1. The third kappa shape index (κ3) is 5.64. The number of nitro benzene ring substituents is 1. The molecule has 0 atom stereocenters. The lowest BCUT2D eigenvalue weighted by Crippen LogP contribution is -2.21. The van der Waals surface area contributed by atoms with Crippen molar-refractivity contribution >= 4 is 35.3 Å². The van der Waals surface area contributed by atoms with E-state index < -0.39 is 23.4 Å². The van der Waals surface area contributed by atoms with Gasteiger partial charge in [-0.15, -0.1) is 5.10 Å². The summed E-state index contributed by atoms with van der Waals surface area (Å²) < 4.78 is 10.5. The quantitative estimate of drug-likeness (QED) is 0.220. The summed E-state index contributed by atoms with van der Waals surface area (Å²) in [6.45, 7) is -0.653. The number of rotatable bonds is 8. The molecule has 0 radical (unpaired) electrons. The molecule has 0 aliphatic carbocycles. The molecule has 4 rings (SSSR count). The first kappa shape index (κ1) is 22.7. The van der Waals surface area contributed by atoms with Crippen LogP contribution in [0.3, 0.4) is 0 Å². The van der Waals surface area contributed by atoms with Crippen LogP contribution in [0.5, 0.6) is 0 Å². The summed E-state index contributed by atoms with van der Waals surface area (Å²) in [5.41, 5.74) is 0.379. The van der Waals surface area contributed by atoms with Crippen molar-refractivity contribution in [1.82, 2.24) is 10.2 Å². The van der Waals surface area contributed by atoms with E-state index in [-0.39, 0.29) is 23.2 Å². The van der Waals surface area contributed by atoms with E-state index in [1.165, 1.54) is 23.9 Å². The van der Waals surface area contributed by atoms with Crippen molar-refractivity contribution in [1.29, 1.82) is 0 Å². The van der Waals surface area contributed by atoms with Gasteiger partial charge in [-0.2, -0.15) is 0 Å². The summed E-state index contributed by atoms with van der Waals surface area (Å²) in [6.07, 6.45) is 0. The normalized spacial score (nSPS) is 10.5. The highest BCUT2D eigenvalue weighted by Gasteiger charge is 2.20. The van der Waals surface area contributed by atoms with E-state index in [0.717, 1.165) is 11.0 Å². The van der Waals surface area contributed by atoms with Crippen LogP contribution < -0.4 is 5.32 Å². The van der Waals surface area contributed by atoms with Crippen LogP contribution in [0.25, 0.3) is 11.5 Å². The van der Waals surface area contributed by atoms with Crippen molar-refractivity contribution < 1.29 is 23.7 Å². The highest BCUT2D eigenvalue weighted by Crippen LogP contribution is 2.33. The number of amides is 1. The molecule has 0 bridgehead atoms. The van der Waals surface area contributed by atoms with Gasteiger partial charge in [0.25, 0.3) is 11.6 Å². The summed E-state index contributed by atoms with van der Waals surface area (Å²) in [7, 11) is 0. The third-order valence-electron chi connectivity index (χ3n) is 4.39. The fourth-order valence-electron chi connectivity index (χ4n) is 2.83. The Balaban J connectivity index is 1.42. The summed E-state index contributed by atoms with van der Waals surface area (Å²) in [5.74, 6) is -1.38. The van der Waals surface area contributed by atoms with Crippen LogP contribution in [0.1, 0.15) is 10.4 Å². The predicted octanol–water partition coefficient (Wildman–Crippen LogP) is 4.59. The minimum atomic E-state index is -0.882. The number of ether oxygens (including phenoxy) is 1. The molecule has 0 aliphatic heterocycles. The van der Waals surface area contributed by atoms with Gasteiger partial charge in [0.15, 0.2) is 6.61 Å². The smallest absolute Gasteiger partial charge is 0.340 e. The highest BCUT2D eigenvalue weighted by atomic mass is 32.2. The van der Waals surface area contributed by atoms with Crippen LogP contribution >= 0.6 is 11.8 Å². The maximum atomic E-state index is 12.7. The van der Waals surface area contributed by atoms with Gasteiger partial charge in [-0.3, -0.25) is 20.2 Å². The maximum absolute atomic E-state index is 12.7. The van der Waals surface area contributed by atoms with Gasteiger partial charge in [-0.25, -0.2) is 4.79 Å². The Labute approximate surface area is 197 Å². The minimum Gasteiger partial charge on any atom is -0.452 e. The van der Waals surface area contributed by atoms with E-state index in [0.29, 0.717) is 10.5 Å². The number of benzene rings is 3.